The van der Waals surface area contributed by atoms with E-state index in [1.54, 1.807) is 0 Å². The zero-order valence-corrected chi connectivity index (χ0v) is 16.2. The predicted molar refractivity (Wildman–Crippen MR) is 107 cm³/mol. The highest BCUT2D eigenvalue weighted by molar-refractivity contribution is 7.18. The quantitative estimate of drug-likeness (QED) is 0.724. The lowest BCUT2D eigenvalue weighted by Crippen LogP contribution is -2.40. The number of nitrogens with one attached hydrogen (secondary N) is 2. The number of amides is 1. The van der Waals surface area contributed by atoms with Crippen molar-refractivity contribution in [2.24, 2.45) is 0 Å². The number of hydrogen-bond acceptors (Lipinski definition) is 5. The Morgan fingerprint density at radius 1 is 1.37 bits per heavy atom. The van der Waals surface area contributed by atoms with Gasteiger partial charge in [0.2, 0.25) is 5.91 Å². The summed E-state index contributed by atoms with van der Waals surface area (Å²) in [5, 5.41) is 7.02. The van der Waals surface area contributed by atoms with Crippen molar-refractivity contribution in [3.05, 3.63) is 62.5 Å². The lowest BCUT2D eigenvalue weighted by molar-refractivity contribution is -0.121. The molecule has 27 heavy (non-hydrogen) atoms. The van der Waals surface area contributed by atoms with Gasteiger partial charge in [-0.2, -0.15) is 0 Å². The van der Waals surface area contributed by atoms with Gasteiger partial charge >= 0.3 is 0 Å². The number of aryl methyl sites for hydroxylation is 2. The Morgan fingerprint density at radius 2 is 2.19 bits per heavy atom. The summed E-state index contributed by atoms with van der Waals surface area (Å²) in [6.45, 7) is 5.27. The molecule has 1 atom stereocenters. The van der Waals surface area contributed by atoms with Gasteiger partial charge in [-0.05, 0) is 43.5 Å². The largest absolute Gasteiger partial charge is 0.353 e. The Labute approximate surface area is 161 Å². The molecule has 0 bridgehead atoms. The van der Waals surface area contributed by atoms with Crippen LogP contribution in [-0.4, -0.2) is 28.5 Å². The van der Waals surface area contributed by atoms with Crippen LogP contribution < -0.4 is 16.2 Å². The first-order chi connectivity index (χ1) is 13.0. The van der Waals surface area contributed by atoms with Crippen molar-refractivity contribution >= 4 is 27.5 Å². The predicted octanol–water partition coefficient (Wildman–Crippen LogP) is 2.08. The minimum atomic E-state index is -0.187. The van der Waals surface area contributed by atoms with Gasteiger partial charge in [-0.1, -0.05) is 24.3 Å². The van der Waals surface area contributed by atoms with E-state index in [4.69, 9.17) is 0 Å². The smallest absolute Gasteiger partial charge is 0.262 e. The lowest BCUT2D eigenvalue weighted by atomic mass is 9.94. The van der Waals surface area contributed by atoms with Gasteiger partial charge in [0.05, 0.1) is 11.7 Å². The Hall–Kier alpha value is -2.51. The average molecular weight is 382 g/mol. The fraction of sp³-hybridized carbons (Fsp3) is 0.350. The van der Waals surface area contributed by atoms with E-state index in [9.17, 15) is 9.59 Å². The summed E-state index contributed by atoms with van der Waals surface area (Å²) < 4.78 is 1.39. The Kier molecular flexibility index (Phi) is 4.80. The molecule has 2 aromatic heterocycles. The molecule has 140 valence electrons. The third-order valence-corrected chi connectivity index (χ3v) is 6.30. The summed E-state index contributed by atoms with van der Waals surface area (Å²) in [6.07, 6.45) is 2.47. The maximum atomic E-state index is 12.7. The van der Waals surface area contributed by atoms with E-state index < -0.39 is 0 Å². The molecule has 6 nitrogen and oxygen atoms in total. The van der Waals surface area contributed by atoms with Crippen molar-refractivity contribution in [2.75, 3.05) is 13.1 Å². The van der Waals surface area contributed by atoms with E-state index in [-0.39, 0.29) is 24.1 Å². The summed E-state index contributed by atoms with van der Waals surface area (Å²) >= 11 is 1.51. The number of rotatable bonds is 4. The standard InChI is InChI=1S/C20H22N4O2S/c1-12-13(2)27-19-18(12)20(26)24(11-23-19)10-17(25)22-9-16-15-6-4-3-5-14(15)7-8-21-16/h3-6,11,16,21H,7-10H2,1-2H3,(H,22,25). The maximum Gasteiger partial charge on any atom is 0.262 e. The molecule has 0 fully saturated rings. The lowest BCUT2D eigenvalue weighted by Gasteiger charge is -2.27. The normalized spacial score (nSPS) is 16.3. The summed E-state index contributed by atoms with van der Waals surface area (Å²) in [7, 11) is 0. The van der Waals surface area contributed by atoms with Gasteiger partial charge < -0.3 is 10.6 Å². The number of fused-ring (bicyclic) bond motifs is 2. The first-order valence-electron chi connectivity index (χ1n) is 9.07. The first-order valence-corrected chi connectivity index (χ1v) is 9.89. The number of aromatic nitrogens is 2. The van der Waals surface area contributed by atoms with Crippen molar-refractivity contribution in [3.63, 3.8) is 0 Å². The molecular weight excluding hydrogens is 360 g/mol. The molecule has 3 aromatic rings. The number of carbonyl (C=O) groups is 1. The molecular formula is C20H22N4O2S. The second-order valence-corrected chi connectivity index (χ2v) is 8.10. The molecule has 1 unspecified atom stereocenters. The highest BCUT2D eigenvalue weighted by Gasteiger charge is 2.20. The van der Waals surface area contributed by atoms with E-state index in [2.05, 4.69) is 27.8 Å². The monoisotopic (exact) mass is 382 g/mol. The van der Waals surface area contributed by atoms with Crippen molar-refractivity contribution in [2.45, 2.75) is 32.9 Å². The van der Waals surface area contributed by atoms with Crippen LogP contribution in [0.3, 0.4) is 0 Å². The van der Waals surface area contributed by atoms with Gasteiger partial charge in [0.25, 0.3) is 5.56 Å². The van der Waals surface area contributed by atoms with Crippen LogP contribution in [-0.2, 0) is 17.8 Å². The van der Waals surface area contributed by atoms with Crippen LogP contribution in [0.15, 0.2) is 35.4 Å². The molecule has 4 rings (SSSR count). The van der Waals surface area contributed by atoms with Gasteiger partial charge in [-0.25, -0.2) is 4.98 Å². The van der Waals surface area contributed by atoms with Crippen molar-refractivity contribution in [1.29, 1.82) is 0 Å². The van der Waals surface area contributed by atoms with Crippen LogP contribution in [0.2, 0.25) is 0 Å². The average Bonchev–Trinajstić information content (AvgIpc) is 2.97. The van der Waals surface area contributed by atoms with Gasteiger partial charge in [0.15, 0.2) is 0 Å². The molecule has 0 aliphatic carbocycles. The van der Waals surface area contributed by atoms with Crippen molar-refractivity contribution in [3.8, 4) is 0 Å². The van der Waals surface area contributed by atoms with E-state index in [1.165, 1.54) is 33.4 Å². The topological polar surface area (TPSA) is 76.0 Å². The SMILES string of the molecule is Cc1sc2ncn(CC(=O)NCC3NCCc4ccccc43)c(=O)c2c1C. The van der Waals surface area contributed by atoms with E-state index in [0.29, 0.717) is 11.9 Å². The number of thiophene rings is 1. The molecule has 1 aliphatic heterocycles. The molecule has 0 saturated heterocycles. The van der Waals surface area contributed by atoms with E-state index in [0.717, 1.165) is 28.2 Å². The summed E-state index contributed by atoms with van der Waals surface area (Å²) in [4.78, 5) is 31.3. The molecule has 1 amide bonds. The number of nitrogens with zero attached hydrogens (tertiary/aromatic N) is 2. The highest BCUT2D eigenvalue weighted by atomic mass is 32.1. The Morgan fingerprint density at radius 3 is 3.04 bits per heavy atom. The van der Waals surface area contributed by atoms with E-state index >= 15 is 0 Å². The van der Waals surface area contributed by atoms with Crippen LogP contribution in [0.4, 0.5) is 0 Å². The minimum Gasteiger partial charge on any atom is -0.353 e. The Bertz CT molecular complexity index is 1070. The second-order valence-electron chi connectivity index (χ2n) is 6.90. The van der Waals surface area contributed by atoms with Crippen molar-refractivity contribution in [1.82, 2.24) is 20.2 Å². The Balaban J connectivity index is 1.46. The summed E-state index contributed by atoms with van der Waals surface area (Å²) in [5.41, 5.74) is 3.35. The first kappa shape index (κ1) is 17.9. The number of carbonyl (C=O) groups excluding carboxylic acids is 1. The molecule has 0 spiro atoms. The zero-order chi connectivity index (χ0) is 19.0. The van der Waals surface area contributed by atoms with Crippen LogP contribution in [0.25, 0.3) is 10.2 Å². The van der Waals surface area contributed by atoms with Gasteiger partial charge in [0.1, 0.15) is 11.4 Å². The van der Waals surface area contributed by atoms with Crippen LogP contribution in [0.1, 0.15) is 27.6 Å². The van der Waals surface area contributed by atoms with Gasteiger partial charge in [-0.3, -0.25) is 14.2 Å². The van der Waals surface area contributed by atoms with Crippen LogP contribution in [0.5, 0.6) is 0 Å². The molecule has 1 aromatic carbocycles. The molecule has 1 aliphatic rings. The van der Waals surface area contributed by atoms with Crippen LogP contribution >= 0.6 is 11.3 Å². The second kappa shape index (κ2) is 7.25. The third kappa shape index (κ3) is 3.40. The molecule has 2 N–H and O–H groups in total. The number of hydrogen-bond donors (Lipinski definition) is 2. The minimum absolute atomic E-state index is 0.0233. The summed E-state index contributed by atoms with van der Waals surface area (Å²) in [6, 6.07) is 8.40. The van der Waals surface area contributed by atoms with Crippen molar-refractivity contribution < 1.29 is 4.79 Å². The molecule has 7 heteroatoms. The summed E-state index contributed by atoms with van der Waals surface area (Å²) in [5.74, 6) is -0.187. The molecule has 0 radical (unpaired) electrons. The van der Waals surface area contributed by atoms with Crippen LogP contribution in [0, 0.1) is 13.8 Å². The highest BCUT2D eigenvalue weighted by Crippen LogP contribution is 2.25. The fourth-order valence-corrected chi connectivity index (χ4v) is 4.57. The number of benzene rings is 1. The van der Waals surface area contributed by atoms with E-state index in [1.807, 2.05) is 26.0 Å². The van der Waals surface area contributed by atoms with Gasteiger partial charge in [0, 0.05) is 17.5 Å². The van der Waals surface area contributed by atoms with Gasteiger partial charge in [-0.15, -0.1) is 11.3 Å². The maximum absolute atomic E-state index is 12.7. The molecule has 3 heterocycles. The molecule has 0 saturated carbocycles. The zero-order valence-electron chi connectivity index (χ0n) is 15.4. The third-order valence-electron chi connectivity index (χ3n) is 5.19. The fourth-order valence-electron chi connectivity index (χ4n) is 3.58.